The van der Waals surface area contributed by atoms with Crippen LogP contribution in [0.2, 0.25) is 0 Å². The van der Waals surface area contributed by atoms with Crippen molar-refractivity contribution in [2.45, 2.75) is 31.3 Å². The van der Waals surface area contributed by atoms with Crippen LogP contribution < -0.4 is 0 Å². The van der Waals surface area contributed by atoms with Gasteiger partial charge in [-0.3, -0.25) is 4.90 Å². The lowest BCUT2D eigenvalue weighted by atomic mass is 9.95. The van der Waals surface area contributed by atoms with E-state index in [0.717, 1.165) is 0 Å². The first-order valence-corrected chi connectivity index (χ1v) is 8.51. The largest absolute Gasteiger partial charge is 0.294 e. The number of hydrogen-bond donors (Lipinski definition) is 0. The van der Waals surface area contributed by atoms with Crippen molar-refractivity contribution in [3.63, 3.8) is 0 Å². The van der Waals surface area contributed by atoms with Crippen LogP contribution >= 0.6 is 0 Å². The van der Waals surface area contributed by atoms with Crippen LogP contribution in [-0.2, 0) is 0 Å². The van der Waals surface area contributed by atoms with E-state index in [1.807, 2.05) is 0 Å². The summed E-state index contributed by atoms with van der Waals surface area (Å²) in [6, 6.07) is 22.2. The molecule has 0 bridgehead atoms. The van der Waals surface area contributed by atoms with E-state index < -0.39 is 0 Å². The molecule has 1 heterocycles. The smallest absolute Gasteiger partial charge is 0.0284 e. The summed E-state index contributed by atoms with van der Waals surface area (Å²) in [5.41, 5.74) is 2.56. The molecule has 0 aliphatic carbocycles. The predicted octanol–water partition coefficient (Wildman–Crippen LogP) is 5.27. The van der Waals surface area contributed by atoms with Crippen LogP contribution in [0.5, 0.6) is 0 Å². The second-order valence-electron chi connectivity index (χ2n) is 6.27. The predicted molar refractivity (Wildman–Crippen MR) is 100 cm³/mol. The highest BCUT2D eigenvalue weighted by atomic mass is 15.2. The third-order valence-corrected chi connectivity index (χ3v) is 4.67. The maximum Gasteiger partial charge on any atom is 0.0284 e. The van der Waals surface area contributed by atoms with Crippen molar-refractivity contribution in [1.82, 2.24) is 4.90 Å². The van der Waals surface area contributed by atoms with Gasteiger partial charge in [0.15, 0.2) is 0 Å². The second kappa shape index (κ2) is 7.94. The summed E-state index contributed by atoms with van der Waals surface area (Å²) in [7, 11) is 2.25. The van der Waals surface area contributed by atoms with Crippen LogP contribution in [-0.4, -0.2) is 24.0 Å². The summed E-state index contributed by atoms with van der Waals surface area (Å²) in [5, 5.41) is 0. The minimum absolute atomic E-state index is 0.523. The highest BCUT2D eigenvalue weighted by Crippen LogP contribution is 2.24. The number of rotatable bonds is 4. The summed E-state index contributed by atoms with van der Waals surface area (Å²) in [6.07, 6.45) is 13.0. The van der Waals surface area contributed by atoms with Crippen molar-refractivity contribution in [3.05, 3.63) is 83.9 Å². The van der Waals surface area contributed by atoms with Gasteiger partial charge in [-0.2, -0.15) is 0 Å². The second-order valence-corrected chi connectivity index (χ2v) is 6.27. The Kier molecular flexibility index (Phi) is 5.44. The maximum atomic E-state index is 2.50. The van der Waals surface area contributed by atoms with Crippen LogP contribution in [0.25, 0.3) is 12.2 Å². The van der Waals surface area contributed by atoms with Gasteiger partial charge in [0.25, 0.3) is 0 Å². The molecule has 1 nitrogen and oxygen atoms in total. The zero-order valence-corrected chi connectivity index (χ0v) is 13.8. The van der Waals surface area contributed by atoms with Gasteiger partial charge in [0.05, 0.1) is 0 Å². The van der Waals surface area contributed by atoms with Gasteiger partial charge in [0, 0.05) is 12.1 Å². The van der Waals surface area contributed by atoms with Crippen molar-refractivity contribution in [2.24, 2.45) is 0 Å². The Balaban J connectivity index is 1.65. The fraction of sp³-hybridized carbons (Fsp3) is 0.273. The van der Waals surface area contributed by atoms with Gasteiger partial charge in [-0.25, -0.2) is 0 Å². The van der Waals surface area contributed by atoms with Gasteiger partial charge in [-0.15, -0.1) is 0 Å². The molecular weight excluding hydrogens is 278 g/mol. The highest BCUT2D eigenvalue weighted by molar-refractivity contribution is 5.51. The molecule has 2 aromatic rings. The first-order valence-electron chi connectivity index (χ1n) is 8.51. The van der Waals surface area contributed by atoms with Crippen molar-refractivity contribution < 1.29 is 0 Å². The lowest BCUT2D eigenvalue weighted by Crippen LogP contribution is -2.41. The van der Waals surface area contributed by atoms with Crippen LogP contribution in [0.4, 0.5) is 0 Å². The van der Waals surface area contributed by atoms with Crippen molar-refractivity contribution in [2.75, 3.05) is 7.05 Å². The minimum Gasteiger partial charge on any atom is -0.294 e. The van der Waals surface area contributed by atoms with Crippen LogP contribution in [0.1, 0.15) is 30.4 Å². The average molecular weight is 303 g/mol. The van der Waals surface area contributed by atoms with Gasteiger partial charge >= 0.3 is 0 Å². The van der Waals surface area contributed by atoms with Gasteiger partial charge in [-0.1, -0.05) is 85.0 Å². The molecule has 0 saturated carbocycles. The van der Waals surface area contributed by atoms with E-state index in [9.17, 15) is 0 Å². The molecule has 1 fully saturated rings. The minimum atomic E-state index is 0.523. The number of likely N-dealkylation sites (tertiary alicyclic amines) is 1. The number of likely N-dealkylation sites (N-methyl/N-ethyl adjacent to an activating group) is 1. The standard InChI is InChI=1S/C22H25N/c1-23-21(17-15-19-9-4-2-5-10-19)13-8-14-22(23)18-16-20-11-6-3-7-12-20/h2-7,9-12,15-18,21-22H,8,13-14H2,1H3/t21-,22+. The quantitative estimate of drug-likeness (QED) is 0.744. The van der Waals surface area contributed by atoms with Crippen LogP contribution in [0.3, 0.4) is 0 Å². The molecule has 1 saturated heterocycles. The molecule has 0 aromatic heterocycles. The summed E-state index contributed by atoms with van der Waals surface area (Å²) in [4.78, 5) is 2.50. The SMILES string of the molecule is CN1[C@H](C=Cc2ccccc2)CCC[C@@H]1C=Cc1ccccc1. The molecule has 0 spiro atoms. The molecule has 118 valence electrons. The normalized spacial score (nSPS) is 22.8. The Labute approximate surface area is 140 Å². The molecule has 0 unspecified atom stereocenters. The van der Waals surface area contributed by atoms with E-state index in [0.29, 0.717) is 12.1 Å². The zero-order valence-electron chi connectivity index (χ0n) is 13.8. The molecule has 1 aliphatic rings. The Bertz CT molecular complexity index is 585. The lowest BCUT2D eigenvalue weighted by Gasteiger charge is -2.36. The average Bonchev–Trinajstić information content (AvgIpc) is 2.61. The van der Waals surface area contributed by atoms with Gasteiger partial charge in [0.1, 0.15) is 0 Å². The monoisotopic (exact) mass is 303 g/mol. The van der Waals surface area contributed by atoms with Crippen LogP contribution in [0.15, 0.2) is 72.8 Å². The van der Waals surface area contributed by atoms with Crippen molar-refractivity contribution >= 4 is 12.2 Å². The van der Waals surface area contributed by atoms with Gasteiger partial charge < -0.3 is 0 Å². The molecule has 0 amide bonds. The fourth-order valence-corrected chi connectivity index (χ4v) is 3.23. The maximum absolute atomic E-state index is 2.50. The highest BCUT2D eigenvalue weighted by Gasteiger charge is 2.23. The van der Waals surface area contributed by atoms with Gasteiger partial charge in [0.2, 0.25) is 0 Å². The first kappa shape index (κ1) is 15.8. The molecule has 1 heteroatoms. The van der Waals surface area contributed by atoms with E-state index in [-0.39, 0.29) is 0 Å². The molecule has 2 atom stereocenters. The number of hydrogen-bond acceptors (Lipinski definition) is 1. The first-order chi connectivity index (χ1) is 11.3. The summed E-state index contributed by atoms with van der Waals surface area (Å²) < 4.78 is 0. The molecule has 0 radical (unpaired) electrons. The lowest BCUT2D eigenvalue weighted by molar-refractivity contribution is 0.175. The van der Waals surface area contributed by atoms with E-state index >= 15 is 0 Å². The summed E-state index contributed by atoms with van der Waals surface area (Å²) >= 11 is 0. The van der Waals surface area contributed by atoms with E-state index in [2.05, 4.69) is 96.9 Å². The summed E-state index contributed by atoms with van der Waals surface area (Å²) in [6.45, 7) is 0. The van der Waals surface area contributed by atoms with Crippen molar-refractivity contribution in [3.8, 4) is 0 Å². The number of benzene rings is 2. The van der Waals surface area contributed by atoms with Crippen LogP contribution in [0, 0.1) is 0 Å². The van der Waals surface area contributed by atoms with Crippen molar-refractivity contribution in [1.29, 1.82) is 0 Å². The Hall–Kier alpha value is -2.12. The van der Waals surface area contributed by atoms with Gasteiger partial charge in [-0.05, 0) is 37.4 Å². The Morgan fingerprint density at radius 2 is 1.17 bits per heavy atom. The third-order valence-electron chi connectivity index (χ3n) is 4.67. The zero-order chi connectivity index (χ0) is 15.9. The van der Waals surface area contributed by atoms with E-state index in [4.69, 9.17) is 0 Å². The Morgan fingerprint density at radius 1 is 0.739 bits per heavy atom. The fourth-order valence-electron chi connectivity index (χ4n) is 3.23. The topological polar surface area (TPSA) is 3.24 Å². The third kappa shape index (κ3) is 4.43. The molecule has 23 heavy (non-hydrogen) atoms. The molecule has 3 rings (SSSR count). The molecule has 0 N–H and O–H groups in total. The number of nitrogens with zero attached hydrogens (tertiary/aromatic N) is 1. The van der Waals surface area contributed by atoms with E-state index in [1.54, 1.807) is 0 Å². The van der Waals surface area contributed by atoms with E-state index in [1.165, 1.54) is 30.4 Å². The number of piperidine rings is 1. The molecule has 1 aliphatic heterocycles. The molecular formula is C22H25N. The Morgan fingerprint density at radius 3 is 1.61 bits per heavy atom. The summed E-state index contributed by atoms with van der Waals surface area (Å²) in [5.74, 6) is 0. The molecule has 2 aromatic carbocycles.